The monoisotopic (exact) mass is 295 g/mol. The van der Waals surface area contributed by atoms with Crippen LogP contribution in [-0.2, 0) is 10.9 Å². The first-order chi connectivity index (χ1) is 8.97. The van der Waals surface area contributed by atoms with Crippen LogP contribution in [0.5, 0.6) is 0 Å². The summed E-state index contributed by atoms with van der Waals surface area (Å²) in [6, 6.07) is 0.858. The molecule has 0 unspecified atom stereocenters. The van der Waals surface area contributed by atoms with Gasteiger partial charge in [0.25, 0.3) is 0 Å². The Kier molecular flexibility index (Phi) is 4.49. The van der Waals surface area contributed by atoms with E-state index in [1.807, 2.05) is 0 Å². The summed E-state index contributed by atoms with van der Waals surface area (Å²) in [7, 11) is 0. The molecule has 1 aromatic heterocycles. The van der Waals surface area contributed by atoms with E-state index in [1.54, 1.807) is 0 Å². The van der Waals surface area contributed by atoms with E-state index in [0.29, 0.717) is 19.7 Å². The summed E-state index contributed by atoms with van der Waals surface area (Å²) in [6.45, 7) is 2.53. The SMILES string of the molecule is FC(F)(F)c1cnc(NC[C@H]2CNCCO2)c(Cl)c1. The van der Waals surface area contributed by atoms with Crippen molar-refractivity contribution in [3.63, 3.8) is 0 Å². The van der Waals surface area contributed by atoms with Crippen LogP contribution >= 0.6 is 11.6 Å². The highest BCUT2D eigenvalue weighted by atomic mass is 35.5. The molecule has 1 saturated heterocycles. The van der Waals surface area contributed by atoms with Crippen molar-refractivity contribution < 1.29 is 17.9 Å². The van der Waals surface area contributed by atoms with Gasteiger partial charge in [-0.3, -0.25) is 0 Å². The largest absolute Gasteiger partial charge is 0.417 e. The molecule has 4 nitrogen and oxygen atoms in total. The Morgan fingerprint density at radius 3 is 2.89 bits per heavy atom. The van der Waals surface area contributed by atoms with E-state index in [1.165, 1.54) is 0 Å². The number of nitrogens with zero attached hydrogens (tertiary/aromatic N) is 1. The van der Waals surface area contributed by atoms with Gasteiger partial charge in [0.1, 0.15) is 5.82 Å². The van der Waals surface area contributed by atoms with Gasteiger partial charge in [0, 0.05) is 25.8 Å². The number of hydrogen-bond acceptors (Lipinski definition) is 4. The zero-order valence-corrected chi connectivity index (χ0v) is 10.7. The molecule has 2 rings (SSSR count). The van der Waals surface area contributed by atoms with Gasteiger partial charge in [0.05, 0.1) is 23.3 Å². The summed E-state index contributed by atoms with van der Waals surface area (Å²) in [5.41, 5.74) is -0.862. The smallest absolute Gasteiger partial charge is 0.374 e. The second-order valence-corrected chi connectivity index (χ2v) is 4.54. The minimum absolute atomic E-state index is 0.0473. The average Bonchev–Trinajstić information content (AvgIpc) is 2.37. The van der Waals surface area contributed by atoms with Gasteiger partial charge in [0.15, 0.2) is 0 Å². The van der Waals surface area contributed by atoms with Crippen molar-refractivity contribution in [3.05, 3.63) is 22.8 Å². The predicted molar refractivity (Wildman–Crippen MR) is 65.3 cm³/mol. The summed E-state index contributed by atoms with van der Waals surface area (Å²) < 4.78 is 42.7. The fourth-order valence-corrected chi connectivity index (χ4v) is 1.92. The summed E-state index contributed by atoms with van der Waals surface area (Å²) >= 11 is 5.77. The number of hydrogen-bond donors (Lipinski definition) is 2. The van der Waals surface area contributed by atoms with Gasteiger partial charge in [-0.05, 0) is 6.07 Å². The van der Waals surface area contributed by atoms with Crippen LogP contribution in [0, 0.1) is 0 Å². The van der Waals surface area contributed by atoms with Gasteiger partial charge in [-0.25, -0.2) is 4.98 Å². The number of aromatic nitrogens is 1. The molecule has 0 aliphatic carbocycles. The predicted octanol–water partition coefficient (Wildman–Crippen LogP) is 2.15. The number of nitrogens with one attached hydrogen (secondary N) is 2. The number of morpholine rings is 1. The second-order valence-electron chi connectivity index (χ2n) is 4.13. The Balaban J connectivity index is 1.97. The Hall–Kier alpha value is -1.05. The quantitative estimate of drug-likeness (QED) is 0.897. The molecule has 1 fully saturated rings. The number of rotatable bonds is 3. The molecule has 1 aromatic rings. The van der Waals surface area contributed by atoms with Crippen molar-refractivity contribution in [2.75, 3.05) is 31.6 Å². The molecule has 1 aliphatic heterocycles. The lowest BCUT2D eigenvalue weighted by molar-refractivity contribution is -0.137. The second kappa shape index (κ2) is 5.94. The lowest BCUT2D eigenvalue weighted by Crippen LogP contribution is -2.42. The number of halogens is 4. The number of alkyl halides is 3. The van der Waals surface area contributed by atoms with Gasteiger partial charge >= 0.3 is 6.18 Å². The van der Waals surface area contributed by atoms with E-state index in [0.717, 1.165) is 18.8 Å². The molecule has 2 heterocycles. The van der Waals surface area contributed by atoms with E-state index in [2.05, 4.69) is 15.6 Å². The molecule has 0 bridgehead atoms. The fourth-order valence-electron chi connectivity index (χ4n) is 1.68. The van der Waals surface area contributed by atoms with Crippen molar-refractivity contribution in [2.24, 2.45) is 0 Å². The first-order valence-corrected chi connectivity index (χ1v) is 6.13. The molecule has 106 valence electrons. The number of pyridine rings is 1. The van der Waals surface area contributed by atoms with Crippen LogP contribution in [-0.4, -0.2) is 37.3 Å². The molecule has 19 heavy (non-hydrogen) atoms. The Labute approximate surface area is 113 Å². The first-order valence-electron chi connectivity index (χ1n) is 5.76. The fraction of sp³-hybridized carbons (Fsp3) is 0.545. The number of anilines is 1. The third-order valence-electron chi connectivity index (χ3n) is 2.67. The highest BCUT2D eigenvalue weighted by Gasteiger charge is 2.31. The molecule has 0 saturated carbocycles. The van der Waals surface area contributed by atoms with Crippen molar-refractivity contribution >= 4 is 17.4 Å². The number of ether oxygens (including phenoxy) is 1. The van der Waals surface area contributed by atoms with Crippen LogP contribution < -0.4 is 10.6 Å². The van der Waals surface area contributed by atoms with Crippen LogP contribution in [0.1, 0.15) is 5.56 Å². The third kappa shape index (κ3) is 3.95. The minimum Gasteiger partial charge on any atom is -0.374 e. The van der Waals surface area contributed by atoms with Crippen LogP contribution in [0.2, 0.25) is 5.02 Å². The van der Waals surface area contributed by atoms with Gasteiger partial charge < -0.3 is 15.4 Å². The maximum atomic E-state index is 12.4. The molecular weight excluding hydrogens is 283 g/mol. The summed E-state index contributed by atoms with van der Waals surface area (Å²) in [4.78, 5) is 3.69. The lowest BCUT2D eigenvalue weighted by Gasteiger charge is -2.24. The Morgan fingerprint density at radius 1 is 1.53 bits per heavy atom. The molecule has 2 N–H and O–H groups in total. The zero-order chi connectivity index (χ0) is 13.9. The zero-order valence-electron chi connectivity index (χ0n) is 9.93. The van der Waals surface area contributed by atoms with Crippen LogP contribution in [0.3, 0.4) is 0 Å². The van der Waals surface area contributed by atoms with Crippen molar-refractivity contribution in [2.45, 2.75) is 12.3 Å². The first kappa shape index (κ1) is 14.4. The van der Waals surface area contributed by atoms with Crippen LogP contribution in [0.15, 0.2) is 12.3 Å². The summed E-state index contributed by atoms with van der Waals surface area (Å²) in [5.74, 6) is 0.226. The Bertz CT molecular complexity index is 436. The van der Waals surface area contributed by atoms with Gasteiger partial charge in [-0.2, -0.15) is 13.2 Å². The lowest BCUT2D eigenvalue weighted by atomic mass is 10.2. The minimum atomic E-state index is -4.44. The molecule has 0 spiro atoms. The average molecular weight is 296 g/mol. The highest BCUT2D eigenvalue weighted by molar-refractivity contribution is 6.32. The van der Waals surface area contributed by atoms with Gasteiger partial charge in [-0.1, -0.05) is 11.6 Å². The van der Waals surface area contributed by atoms with E-state index in [-0.39, 0.29) is 16.9 Å². The van der Waals surface area contributed by atoms with Crippen LogP contribution in [0.4, 0.5) is 19.0 Å². The van der Waals surface area contributed by atoms with Crippen LogP contribution in [0.25, 0.3) is 0 Å². The third-order valence-corrected chi connectivity index (χ3v) is 2.96. The molecular formula is C11H13ClF3N3O. The maximum Gasteiger partial charge on any atom is 0.417 e. The van der Waals surface area contributed by atoms with Gasteiger partial charge in [0.2, 0.25) is 0 Å². The van der Waals surface area contributed by atoms with E-state index in [4.69, 9.17) is 16.3 Å². The van der Waals surface area contributed by atoms with E-state index in [9.17, 15) is 13.2 Å². The maximum absolute atomic E-state index is 12.4. The molecule has 0 aromatic carbocycles. The molecule has 1 aliphatic rings. The normalized spacial score (nSPS) is 20.3. The van der Waals surface area contributed by atoms with Crippen molar-refractivity contribution in [3.8, 4) is 0 Å². The topological polar surface area (TPSA) is 46.2 Å². The van der Waals surface area contributed by atoms with Crippen molar-refractivity contribution in [1.29, 1.82) is 0 Å². The van der Waals surface area contributed by atoms with E-state index >= 15 is 0 Å². The standard InChI is InChI=1S/C11H13ClF3N3O/c12-9-3-7(11(13,14)15)4-17-10(9)18-6-8-5-16-1-2-19-8/h3-4,8,16H,1-2,5-6H2,(H,17,18)/t8-/m1/s1. The summed E-state index contributed by atoms with van der Waals surface area (Å²) in [5, 5.41) is 5.98. The molecule has 1 atom stereocenters. The molecule has 0 amide bonds. The van der Waals surface area contributed by atoms with Gasteiger partial charge in [-0.15, -0.1) is 0 Å². The highest BCUT2D eigenvalue weighted by Crippen LogP contribution is 2.32. The van der Waals surface area contributed by atoms with Crippen molar-refractivity contribution in [1.82, 2.24) is 10.3 Å². The molecule has 0 radical (unpaired) electrons. The van der Waals surface area contributed by atoms with E-state index < -0.39 is 11.7 Å². The Morgan fingerprint density at radius 2 is 2.32 bits per heavy atom. The summed E-state index contributed by atoms with van der Waals surface area (Å²) in [6.07, 6.45) is -3.73. The molecule has 8 heteroatoms.